The Morgan fingerprint density at radius 1 is 1.16 bits per heavy atom. The summed E-state index contributed by atoms with van der Waals surface area (Å²) in [5.74, 6) is 0.824. The van der Waals surface area contributed by atoms with Crippen LogP contribution in [0.1, 0.15) is 11.1 Å². The first-order chi connectivity index (χ1) is 17.7. The van der Waals surface area contributed by atoms with Crippen LogP contribution >= 0.6 is 15.9 Å². The Bertz CT molecular complexity index is 1590. The third-order valence-electron chi connectivity index (χ3n) is 5.63. The number of aromatic nitrogens is 4. The van der Waals surface area contributed by atoms with Crippen LogP contribution in [-0.2, 0) is 20.6 Å². The fourth-order valence-electron chi connectivity index (χ4n) is 3.77. The number of benzene rings is 2. The molecule has 0 aliphatic carbocycles. The highest BCUT2D eigenvalue weighted by Gasteiger charge is 2.21. The third-order valence-corrected chi connectivity index (χ3v) is 6.06. The van der Waals surface area contributed by atoms with Gasteiger partial charge in [-0.05, 0) is 52.2 Å². The first-order valence-corrected chi connectivity index (χ1v) is 12.3. The molecule has 1 unspecified atom stereocenters. The summed E-state index contributed by atoms with van der Waals surface area (Å²) in [5.41, 5.74) is 4.17. The fraction of sp³-hybridized carbons (Fsp3) is 0.231. The molecule has 4 rings (SSSR count). The molecule has 2 aromatic heterocycles. The van der Waals surface area contributed by atoms with E-state index in [0.717, 1.165) is 15.7 Å². The summed E-state index contributed by atoms with van der Waals surface area (Å²) in [6, 6.07) is 17.2. The van der Waals surface area contributed by atoms with E-state index in [0.29, 0.717) is 10.2 Å². The lowest BCUT2D eigenvalue weighted by Crippen LogP contribution is -2.38. The number of ether oxygens (including phenoxy) is 1. The second-order valence-electron chi connectivity index (χ2n) is 8.52. The number of anilines is 1. The van der Waals surface area contributed by atoms with Crippen LogP contribution in [-0.4, -0.2) is 42.7 Å². The van der Waals surface area contributed by atoms with Crippen LogP contribution in [0, 0.1) is 6.92 Å². The SMILES string of the molecule is Cc1cccc(OCC(O)Cn2c(NN=CC(Br)=Cc3ccccc3)nc3c2c(=O)n(C)c(=O)n3C)c1. The fourth-order valence-corrected chi connectivity index (χ4v) is 4.13. The Kier molecular flexibility index (Phi) is 8.04. The Morgan fingerprint density at radius 2 is 1.92 bits per heavy atom. The molecule has 192 valence electrons. The van der Waals surface area contributed by atoms with Crippen LogP contribution in [0.25, 0.3) is 17.2 Å². The van der Waals surface area contributed by atoms with Gasteiger partial charge in [-0.15, -0.1) is 0 Å². The van der Waals surface area contributed by atoms with Crippen LogP contribution < -0.4 is 21.4 Å². The number of nitrogens with zero attached hydrogens (tertiary/aromatic N) is 5. The highest BCUT2D eigenvalue weighted by molar-refractivity contribution is 9.12. The average molecular weight is 567 g/mol. The molecule has 4 aromatic rings. The largest absolute Gasteiger partial charge is 0.491 e. The van der Waals surface area contributed by atoms with Gasteiger partial charge < -0.3 is 14.4 Å². The molecule has 11 heteroatoms. The molecule has 0 saturated heterocycles. The van der Waals surface area contributed by atoms with Crippen molar-refractivity contribution in [2.24, 2.45) is 19.2 Å². The van der Waals surface area contributed by atoms with Crippen LogP contribution in [0.4, 0.5) is 5.95 Å². The number of aliphatic hydroxyl groups excluding tert-OH is 1. The lowest BCUT2D eigenvalue weighted by Gasteiger charge is -2.15. The van der Waals surface area contributed by atoms with E-state index < -0.39 is 17.4 Å². The molecule has 2 N–H and O–H groups in total. The molecule has 0 spiro atoms. The maximum atomic E-state index is 13.0. The molecule has 10 nitrogen and oxygen atoms in total. The summed E-state index contributed by atoms with van der Waals surface area (Å²) in [6.45, 7) is 1.92. The van der Waals surface area contributed by atoms with Gasteiger partial charge in [0, 0.05) is 18.6 Å². The molecule has 2 heterocycles. The van der Waals surface area contributed by atoms with E-state index in [1.807, 2.05) is 61.5 Å². The summed E-state index contributed by atoms with van der Waals surface area (Å²) in [4.78, 5) is 29.9. The average Bonchev–Trinajstić information content (AvgIpc) is 3.23. The van der Waals surface area contributed by atoms with E-state index in [1.165, 1.54) is 23.2 Å². The standard InChI is InChI=1S/C26H27BrN6O4/c1-17-8-7-11-21(12-17)37-16-20(34)15-33-22-23(31(2)26(36)32(3)24(22)35)29-25(33)30-28-14-19(27)13-18-9-5-4-6-10-18/h4-14,20,34H,15-16H2,1-3H3,(H,29,30). The Labute approximate surface area is 221 Å². The van der Waals surface area contributed by atoms with Gasteiger partial charge in [0.1, 0.15) is 18.5 Å². The lowest BCUT2D eigenvalue weighted by atomic mass is 10.2. The van der Waals surface area contributed by atoms with Gasteiger partial charge in [0.15, 0.2) is 11.2 Å². The summed E-state index contributed by atoms with van der Waals surface area (Å²) in [7, 11) is 2.93. The Hall–Kier alpha value is -3.96. The van der Waals surface area contributed by atoms with Crippen molar-refractivity contribution in [3.8, 4) is 5.75 Å². The lowest BCUT2D eigenvalue weighted by molar-refractivity contribution is 0.0938. The zero-order valence-corrected chi connectivity index (χ0v) is 22.2. The van der Waals surface area contributed by atoms with Crippen molar-refractivity contribution < 1.29 is 9.84 Å². The molecule has 0 fully saturated rings. The van der Waals surface area contributed by atoms with Gasteiger partial charge in [-0.2, -0.15) is 10.1 Å². The molecule has 0 saturated carbocycles. The number of halogens is 1. The number of rotatable bonds is 9. The van der Waals surface area contributed by atoms with Crippen molar-refractivity contribution in [2.75, 3.05) is 12.0 Å². The number of hydrogen-bond donors (Lipinski definition) is 2. The van der Waals surface area contributed by atoms with E-state index in [9.17, 15) is 14.7 Å². The highest BCUT2D eigenvalue weighted by Crippen LogP contribution is 2.18. The summed E-state index contributed by atoms with van der Waals surface area (Å²) in [6.07, 6.45) is 2.46. The van der Waals surface area contributed by atoms with Gasteiger partial charge in [-0.1, -0.05) is 42.5 Å². The van der Waals surface area contributed by atoms with Gasteiger partial charge >= 0.3 is 5.69 Å². The number of nitrogens with one attached hydrogen (secondary N) is 1. The van der Waals surface area contributed by atoms with Gasteiger partial charge in [-0.3, -0.25) is 13.9 Å². The van der Waals surface area contributed by atoms with Crippen LogP contribution in [0.5, 0.6) is 5.75 Å². The van der Waals surface area contributed by atoms with E-state index in [4.69, 9.17) is 4.74 Å². The molecular weight excluding hydrogens is 540 g/mol. The van der Waals surface area contributed by atoms with Gasteiger partial charge in [0.05, 0.1) is 12.8 Å². The van der Waals surface area contributed by atoms with Gasteiger partial charge in [-0.25, -0.2) is 10.2 Å². The minimum Gasteiger partial charge on any atom is -0.491 e. The second kappa shape index (κ2) is 11.4. The van der Waals surface area contributed by atoms with Crippen molar-refractivity contribution in [1.29, 1.82) is 0 Å². The van der Waals surface area contributed by atoms with Crippen molar-refractivity contribution >= 4 is 45.3 Å². The van der Waals surface area contributed by atoms with E-state index in [2.05, 4.69) is 31.4 Å². The normalized spacial score (nSPS) is 12.8. The monoisotopic (exact) mass is 566 g/mol. The zero-order chi connectivity index (χ0) is 26.5. The van der Waals surface area contributed by atoms with Gasteiger partial charge in [0.25, 0.3) is 5.56 Å². The number of hydrazone groups is 1. The highest BCUT2D eigenvalue weighted by atomic mass is 79.9. The smallest absolute Gasteiger partial charge is 0.332 e. The van der Waals surface area contributed by atoms with E-state index >= 15 is 0 Å². The van der Waals surface area contributed by atoms with Crippen molar-refractivity contribution in [3.63, 3.8) is 0 Å². The van der Waals surface area contributed by atoms with Crippen molar-refractivity contribution in [1.82, 2.24) is 18.7 Å². The van der Waals surface area contributed by atoms with Gasteiger partial charge in [0.2, 0.25) is 5.95 Å². The van der Waals surface area contributed by atoms with Crippen molar-refractivity contribution in [3.05, 3.63) is 91.0 Å². The second-order valence-corrected chi connectivity index (χ2v) is 9.43. The minimum atomic E-state index is -0.978. The molecule has 1 atom stereocenters. The summed E-state index contributed by atoms with van der Waals surface area (Å²) < 4.78 is 10.2. The topological polar surface area (TPSA) is 116 Å². The molecule has 0 aliphatic rings. The maximum Gasteiger partial charge on any atom is 0.332 e. The zero-order valence-electron chi connectivity index (χ0n) is 20.6. The molecule has 0 radical (unpaired) electrons. The minimum absolute atomic E-state index is 0.0106. The number of aliphatic hydroxyl groups is 1. The predicted molar refractivity (Wildman–Crippen MR) is 148 cm³/mol. The third kappa shape index (κ3) is 6.07. The van der Waals surface area contributed by atoms with E-state index in [-0.39, 0.29) is 30.3 Å². The van der Waals surface area contributed by atoms with Crippen LogP contribution in [0.2, 0.25) is 0 Å². The molecule has 2 aromatic carbocycles. The molecular formula is C26H27BrN6O4. The molecule has 37 heavy (non-hydrogen) atoms. The number of fused-ring (bicyclic) bond motifs is 1. The van der Waals surface area contributed by atoms with Crippen LogP contribution in [0.15, 0.2) is 73.8 Å². The molecule has 0 aliphatic heterocycles. The number of aryl methyl sites for hydroxylation is 2. The molecule has 0 bridgehead atoms. The number of allylic oxidation sites excluding steroid dienone is 1. The predicted octanol–water partition coefficient (Wildman–Crippen LogP) is 3.02. The summed E-state index contributed by atoms with van der Waals surface area (Å²) in [5, 5.41) is 15.0. The van der Waals surface area contributed by atoms with Crippen LogP contribution in [0.3, 0.4) is 0 Å². The quantitative estimate of drug-likeness (QED) is 0.237. The summed E-state index contributed by atoms with van der Waals surface area (Å²) >= 11 is 3.46. The first kappa shape index (κ1) is 26.1. The first-order valence-electron chi connectivity index (χ1n) is 11.5. The number of imidazole rings is 1. The maximum absolute atomic E-state index is 13.0. The Balaban J connectivity index is 1.63. The van der Waals surface area contributed by atoms with E-state index in [1.54, 1.807) is 12.3 Å². The molecule has 0 amide bonds. The number of hydrogen-bond acceptors (Lipinski definition) is 7. The van der Waals surface area contributed by atoms with Crippen molar-refractivity contribution in [2.45, 2.75) is 19.6 Å². The Morgan fingerprint density at radius 3 is 2.65 bits per heavy atom.